The third-order valence-corrected chi connectivity index (χ3v) is 5.81. The van der Waals surface area contributed by atoms with Crippen LogP contribution in [0.5, 0.6) is 5.75 Å². The summed E-state index contributed by atoms with van der Waals surface area (Å²) in [6.45, 7) is 2.09. The minimum absolute atomic E-state index is 0.660. The van der Waals surface area contributed by atoms with E-state index in [1.807, 2.05) is 71.7 Å². The van der Waals surface area contributed by atoms with Crippen LogP contribution in [0.15, 0.2) is 89.6 Å². The third kappa shape index (κ3) is 3.15. The maximum Gasteiger partial charge on any atom is 0.202 e. The maximum absolute atomic E-state index is 6.10. The highest BCUT2D eigenvalue weighted by molar-refractivity contribution is 6.30. The van der Waals surface area contributed by atoms with Crippen LogP contribution in [0.3, 0.4) is 0 Å². The van der Waals surface area contributed by atoms with Crippen LogP contribution in [0.2, 0.25) is 5.02 Å². The van der Waals surface area contributed by atoms with Gasteiger partial charge in [0.2, 0.25) is 5.75 Å². The van der Waals surface area contributed by atoms with Gasteiger partial charge in [-0.05, 0) is 61.0 Å². The van der Waals surface area contributed by atoms with Gasteiger partial charge in [-0.2, -0.15) is 10.2 Å². The lowest BCUT2D eigenvalue weighted by Gasteiger charge is -2.22. The molecule has 0 fully saturated rings. The molecule has 0 radical (unpaired) electrons. The van der Waals surface area contributed by atoms with Crippen LogP contribution in [-0.4, -0.2) is 9.78 Å². The van der Waals surface area contributed by atoms with Crippen molar-refractivity contribution in [1.82, 2.24) is 9.78 Å². The minimum Gasteiger partial charge on any atom is -0.452 e. The summed E-state index contributed by atoms with van der Waals surface area (Å²) in [5.41, 5.74) is 5.13. The molecule has 0 atom stereocenters. The lowest BCUT2D eigenvalue weighted by molar-refractivity contribution is 0.309. The van der Waals surface area contributed by atoms with Crippen molar-refractivity contribution < 1.29 is 9.25 Å². The number of fused-ring (bicyclic) bond motifs is 2. The van der Waals surface area contributed by atoms with Crippen molar-refractivity contribution >= 4 is 34.3 Å². The molecular weight excluding hydrogens is 422 g/mol. The number of hydroxylamine groups is 1. The topological polar surface area (TPSA) is 43.4 Å². The predicted molar refractivity (Wildman–Crippen MR) is 127 cm³/mol. The van der Waals surface area contributed by atoms with Crippen LogP contribution < -0.4 is 9.90 Å². The Kier molecular flexibility index (Phi) is 4.30. The summed E-state index contributed by atoms with van der Waals surface area (Å²) < 4.78 is 7.92. The standard InChI is InChI=1S/C26H18ClN3O2/c1-17-4-2-3-5-22(17)30-23-11-10-21(14-19(23)16-28-30)29-13-12-24-26(32-29)15-25(31-24)18-6-8-20(27)9-7-18/h2-16H,1H3. The Bertz CT molecular complexity index is 1480. The van der Waals surface area contributed by atoms with Crippen LogP contribution in [0, 0.1) is 6.92 Å². The van der Waals surface area contributed by atoms with Gasteiger partial charge >= 0.3 is 0 Å². The number of aryl methyl sites for hydroxylation is 1. The molecule has 156 valence electrons. The first-order valence-corrected chi connectivity index (χ1v) is 10.6. The van der Waals surface area contributed by atoms with Crippen molar-refractivity contribution in [1.29, 1.82) is 0 Å². The molecule has 5 nitrogen and oxygen atoms in total. The summed E-state index contributed by atoms with van der Waals surface area (Å²) in [5, 5.41) is 8.06. The number of halogens is 1. The Labute approximate surface area is 189 Å². The molecule has 3 aromatic carbocycles. The Hall–Kier alpha value is -3.96. The first kappa shape index (κ1) is 18.8. The number of anilines is 1. The molecule has 6 heteroatoms. The van der Waals surface area contributed by atoms with E-state index in [9.17, 15) is 0 Å². The number of nitrogens with zero attached hydrogens (tertiary/aromatic N) is 3. The Morgan fingerprint density at radius 3 is 2.62 bits per heavy atom. The van der Waals surface area contributed by atoms with Gasteiger partial charge in [-0.3, -0.25) is 0 Å². The van der Waals surface area contributed by atoms with Crippen molar-refractivity contribution in [2.75, 3.05) is 5.06 Å². The van der Waals surface area contributed by atoms with Crippen LogP contribution in [0.25, 0.3) is 34.0 Å². The Morgan fingerprint density at radius 2 is 1.78 bits per heavy atom. The predicted octanol–water partition coefficient (Wildman–Crippen LogP) is 7.03. The number of aromatic nitrogens is 2. The van der Waals surface area contributed by atoms with Crippen LogP contribution in [0.4, 0.5) is 5.69 Å². The second-order valence-corrected chi connectivity index (χ2v) is 8.10. The molecule has 0 amide bonds. The van der Waals surface area contributed by atoms with Gasteiger partial charge in [-0.1, -0.05) is 29.8 Å². The average Bonchev–Trinajstić information content (AvgIpc) is 3.43. The van der Waals surface area contributed by atoms with E-state index in [0.717, 1.165) is 33.6 Å². The van der Waals surface area contributed by atoms with Crippen molar-refractivity contribution in [3.63, 3.8) is 0 Å². The van der Waals surface area contributed by atoms with E-state index >= 15 is 0 Å². The second kappa shape index (κ2) is 7.32. The number of furan rings is 1. The summed E-state index contributed by atoms with van der Waals surface area (Å²) in [6, 6.07) is 23.8. The smallest absolute Gasteiger partial charge is 0.202 e. The van der Waals surface area contributed by atoms with Gasteiger partial charge in [-0.15, -0.1) is 0 Å². The van der Waals surface area contributed by atoms with Crippen LogP contribution in [-0.2, 0) is 0 Å². The number of para-hydroxylation sites is 1. The molecule has 6 rings (SSSR count). The highest BCUT2D eigenvalue weighted by atomic mass is 35.5. The summed E-state index contributed by atoms with van der Waals surface area (Å²) in [6.07, 6.45) is 5.63. The molecule has 2 aromatic heterocycles. The first-order chi connectivity index (χ1) is 15.7. The van der Waals surface area contributed by atoms with E-state index in [1.165, 1.54) is 5.56 Å². The van der Waals surface area contributed by atoms with E-state index < -0.39 is 0 Å². The van der Waals surface area contributed by atoms with Gasteiger partial charge in [0.25, 0.3) is 0 Å². The molecule has 3 heterocycles. The van der Waals surface area contributed by atoms with Gasteiger partial charge in [-0.25, -0.2) is 4.68 Å². The molecular formula is C26H18ClN3O2. The van der Waals surface area contributed by atoms with Crippen molar-refractivity contribution in [3.05, 3.63) is 102 Å². The molecule has 0 unspecified atom stereocenters. The lowest BCUT2D eigenvalue weighted by Crippen LogP contribution is -2.22. The van der Waals surface area contributed by atoms with E-state index in [2.05, 4.69) is 36.3 Å². The highest BCUT2D eigenvalue weighted by Gasteiger charge is 2.20. The van der Waals surface area contributed by atoms with Crippen LogP contribution in [0.1, 0.15) is 11.3 Å². The molecule has 5 aromatic rings. The molecule has 0 bridgehead atoms. The molecule has 1 aliphatic heterocycles. The fourth-order valence-electron chi connectivity index (χ4n) is 3.89. The highest BCUT2D eigenvalue weighted by Crippen LogP contribution is 2.36. The fourth-order valence-corrected chi connectivity index (χ4v) is 4.02. The van der Waals surface area contributed by atoms with Gasteiger partial charge in [0.1, 0.15) is 5.76 Å². The number of benzene rings is 3. The number of hydrogen-bond acceptors (Lipinski definition) is 4. The van der Waals surface area contributed by atoms with E-state index in [0.29, 0.717) is 16.5 Å². The normalized spacial score (nSPS) is 12.8. The lowest BCUT2D eigenvalue weighted by atomic mass is 10.2. The Balaban J connectivity index is 1.30. The quantitative estimate of drug-likeness (QED) is 0.302. The zero-order valence-corrected chi connectivity index (χ0v) is 18.0. The number of hydrogen-bond donors (Lipinski definition) is 0. The Morgan fingerprint density at radius 1 is 0.938 bits per heavy atom. The fraction of sp³-hybridized carbons (Fsp3) is 0.0385. The zero-order chi connectivity index (χ0) is 21.7. The van der Waals surface area contributed by atoms with E-state index in [4.69, 9.17) is 20.9 Å². The molecule has 32 heavy (non-hydrogen) atoms. The third-order valence-electron chi connectivity index (χ3n) is 5.56. The summed E-state index contributed by atoms with van der Waals surface area (Å²) in [4.78, 5) is 6.10. The molecule has 0 N–H and O–H groups in total. The zero-order valence-electron chi connectivity index (χ0n) is 17.2. The van der Waals surface area contributed by atoms with Crippen molar-refractivity contribution in [2.24, 2.45) is 0 Å². The maximum atomic E-state index is 6.10. The SMILES string of the molecule is Cc1ccccc1-n1ncc2cc(N3C=Cc4oc(-c5ccc(Cl)cc5)cc4O3)ccc21. The summed E-state index contributed by atoms with van der Waals surface area (Å²) in [5.74, 6) is 2.07. The molecule has 0 saturated carbocycles. The molecule has 0 spiro atoms. The van der Waals surface area contributed by atoms with E-state index in [1.54, 1.807) is 5.06 Å². The monoisotopic (exact) mass is 439 g/mol. The van der Waals surface area contributed by atoms with Gasteiger partial charge < -0.3 is 9.25 Å². The van der Waals surface area contributed by atoms with Crippen molar-refractivity contribution in [2.45, 2.75) is 6.92 Å². The van der Waals surface area contributed by atoms with Crippen LogP contribution >= 0.6 is 11.6 Å². The van der Waals surface area contributed by atoms with Gasteiger partial charge in [0.15, 0.2) is 5.76 Å². The average molecular weight is 440 g/mol. The van der Waals surface area contributed by atoms with E-state index in [-0.39, 0.29) is 0 Å². The second-order valence-electron chi connectivity index (χ2n) is 7.66. The van der Waals surface area contributed by atoms with Gasteiger partial charge in [0, 0.05) is 34.3 Å². The summed E-state index contributed by atoms with van der Waals surface area (Å²) >= 11 is 5.99. The first-order valence-electron chi connectivity index (χ1n) is 10.2. The molecule has 0 saturated heterocycles. The van der Waals surface area contributed by atoms with Gasteiger partial charge in [0.05, 0.1) is 23.1 Å². The number of rotatable bonds is 3. The largest absolute Gasteiger partial charge is 0.452 e. The summed E-state index contributed by atoms with van der Waals surface area (Å²) in [7, 11) is 0. The molecule has 1 aliphatic rings. The van der Waals surface area contributed by atoms with Crippen molar-refractivity contribution in [3.8, 4) is 22.8 Å². The minimum atomic E-state index is 0.660. The molecule has 0 aliphatic carbocycles.